The lowest BCUT2D eigenvalue weighted by Crippen LogP contribution is -2.09. The van der Waals surface area contributed by atoms with Crippen LogP contribution in [0.25, 0.3) is 0 Å². The van der Waals surface area contributed by atoms with E-state index in [1.807, 2.05) is 0 Å². The number of rotatable bonds is 3. The van der Waals surface area contributed by atoms with Crippen LogP contribution < -0.4 is 4.74 Å². The van der Waals surface area contributed by atoms with Crippen LogP contribution in [0.2, 0.25) is 0 Å². The van der Waals surface area contributed by atoms with Gasteiger partial charge in [-0.15, -0.1) is 11.8 Å². The van der Waals surface area contributed by atoms with Crippen LogP contribution in [-0.2, 0) is 6.18 Å². The molecule has 1 aromatic carbocycles. The number of ether oxygens (including phenoxy) is 1. The number of hydrogen-bond acceptors (Lipinski definition) is 2. The molecule has 0 radical (unpaired) electrons. The van der Waals surface area contributed by atoms with Gasteiger partial charge in [-0.05, 0) is 25.3 Å². The normalized spacial score (nSPS) is 11.6. The first-order valence-corrected chi connectivity index (χ1v) is 5.70. The Labute approximate surface area is 94.8 Å². The Morgan fingerprint density at radius 3 is 2.38 bits per heavy atom. The average Bonchev–Trinajstić information content (AvgIpc) is 2.19. The largest absolute Gasteiger partial charge is 0.494 e. The summed E-state index contributed by atoms with van der Waals surface area (Å²) in [6.07, 6.45) is -3.20. The molecule has 0 bridgehead atoms. The molecule has 0 atom stereocenters. The van der Waals surface area contributed by atoms with Gasteiger partial charge in [-0.3, -0.25) is 0 Å². The minimum Gasteiger partial charge on any atom is -0.494 e. The predicted molar refractivity (Wildman–Crippen MR) is 54.4 cm³/mol. The maximum absolute atomic E-state index is 13.4. The van der Waals surface area contributed by atoms with Crippen molar-refractivity contribution in [2.24, 2.45) is 0 Å². The summed E-state index contributed by atoms with van der Waals surface area (Å²) >= 11 is 0.911. The third kappa shape index (κ3) is 2.81. The van der Waals surface area contributed by atoms with Crippen molar-refractivity contribution in [1.29, 1.82) is 0 Å². The summed E-state index contributed by atoms with van der Waals surface area (Å²) < 4.78 is 55.8. The lowest BCUT2D eigenvalue weighted by molar-refractivity contribution is -0.140. The van der Waals surface area contributed by atoms with Gasteiger partial charge in [-0.1, -0.05) is 0 Å². The van der Waals surface area contributed by atoms with E-state index >= 15 is 0 Å². The maximum atomic E-state index is 13.4. The van der Waals surface area contributed by atoms with Gasteiger partial charge in [0.05, 0.1) is 12.2 Å². The van der Waals surface area contributed by atoms with Crippen LogP contribution in [0.15, 0.2) is 17.0 Å². The average molecular weight is 254 g/mol. The van der Waals surface area contributed by atoms with Gasteiger partial charge < -0.3 is 4.74 Å². The van der Waals surface area contributed by atoms with Crippen LogP contribution in [0.3, 0.4) is 0 Å². The molecule has 0 unspecified atom stereocenters. The fraction of sp³-hybridized carbons (Fsp3) is 0.400. The highest BCUT2D eigenvalue weighted by molar-refractivity contribution is 7.98. The van der Waals surface area contributed by atoms with Crippen molar-refractivity contribution < 1.29 is 22.3 Å². The van der Waals surface area contributed by atoms with Crippen LogP contribution in [0.5, 0.6) is 5.75 Å². The molecule has 6 heteroatoms. The second-order valence-electron chi connectivity index (χ2n) is 2.92. The van der Waals surface area contributed by atoms with Gasteiger partial charge >= 0.3 is 6.18 Å². The molecule has 0 aliphatic rings. The van der Waals surface area contributed by atoms with E-state index in [0.29, 0.717) is 6.07 Å². The van der Waals surface area contributed by atoms with Gasteiger partial charge in [0.1, 0.15) is 11.6 Å². The zero-order valence-corrected chi connectivity index (χ0v) is 9.51. The van der Waals surface area contributed by atoms with Crippen molar-refractivity contribution in [3.05, 3.63) is 23.5 Å². The van der Waals surface area contributed by atoms with Crippen molar-refractivity contribution in [3.8, 4) is 5.75 Å². The van der Waals surface area contributed by atoms with Gasteiger partial charge in [0.15, 0.2) is 0 Å². The van der Waals surface area contributed by atoms with Crippen LogP contribution in [0, 0.1) is 5.82 Å². The van der Waals surface area contributed by atoms with Crippen LogP contribution in [0.4, 0.5) is 17.6 Å². The van der Waals surface area contributed by atoms with Gasteiger partial charge in [0.2, 0.25) is 0 Å². The third-order valence-corrected chi connectivity index (χ3v) is 2.59. The number of hydrogen-bond donors (Lipinski definition) is 0. The zero-order valence-electron chi connectivity index (χ0n) is 8.69. The van der Waals surface area contributed by atoms with Gasteiger partial charge in [0, 0.05) is 4.90 Å². The quantitative estimate of drug-likeness (QED) is 0.596. The summed E-state index contributed by atoms with van der Waals surface area (Å²) in [5.41, 5.74) is -1.29. The minimum absolute atomic E-state index is 0.0283. The molecule has 90 valence electrons. The lowest BCUT2D eigenvalue weighted by Gasteiger charge is -2.13. The molecule has 0 aliphatic heterocycles. The Morgan fingerprint density at radius 2 is 1.94 bits per heavy atom. The van der Waals surface area contributed by atoms with Crippen LogP contribution in [-0.4, -0.2) is 12.9 Å². The van der Waals surface area contributed by atoms with Crippen molar-refractivity contribution in [2.45, 2.75) is 18.0 Å². The molecule has 0 amide bonds. The van der Waals surface area contributed by atoms with E-state index in [2.05, 4.69) is 0 Å². The first kappa shape index (κ1) is 13.2. The fourth-order valence-electron chi connectivity index (χ4n) is 1.18. The first-order chi connectivity index (χ1) is 7.40. The molecule has 0 spiro atoms. The zero-order chi connectivity index (χ0) is 12.3. The second-order valence-corrected chi connectivity index (χ2v) is 3.77. The highest BCUT2D eigenvalue weighted by Crippen LogP contribution is 2.37. The summed E-state index contributed by atoms with van der Waals surface area (Å²) in [4.78, 5) is -0.0710. The number of thioether (sulfide) groups is 1. The minimum atomic E-state index is -4.71. The van der Waals surface area contributed by atoms with E-state index in [1.54, 1.807) is 6.92 Å². The lowest BCUT2D eigenvalue weighted by atomic mass is 10.2. The second kappa shape index (κ2) is 4.95. The van der Waals surface area contributed by atoms with E-state index < -0.39 is 17.6 Å². The number of alkyl halides is 3. The maximum Gasteiger partial charge on any atom is 0.419 e. The summed E-state index contributed by atoms with van der Waals surface area (Å²) in [6.45, 7) is 1.88. The molecule has 1 aromatic rings. The van der Waals surface area contributed by atoms with Crippen LogP contribution in [0.1, 0.15) is 12.5 Å². The Hall–Kier alpha value is -0.910. The standard InChI is InChI=1S/C10H10F4OS/c1-3-15-6-4-7(10(12,13)14)9(11)8(5-6)16-2/h4-5H,3H2,1-2H3. The van der Waals surface area contributed by atoms with Crippen molar-refractivity contribution in [2.75, 3.05) is 12.9 Å². The number of benzene rings is 1. The smallest absolute Gasteiger partial charge is 0.419 e. The summed E-state index contributed by atoms with van der Waals surface area (Å²) in [6, 6.07) is 1.94. The summed E-state index contributed by atoms with van der Waals surface area (Å²) in [7, 11) is 0. The number of halogens is 4. The summed E-state index contributed by atoms with van der Waals surface area (Å²) in [5, 5.41) is 0. The molecule has 0 N–H and O–H groups in total. The molecule has 0 aromatic heterocycles. The van der Waals surface area contributed by atoms with E-state index in [0.717, 1.165) is 11.8 Å². The van der Waals surface area contributed by atoms with Crippen molar-refractivity contribution in [1.82, 2.24) is 0 Å². The molecule has 0 saturated heterocycles. The molecule has 1 rings (SSSR count). The van der Waals surface area contributed by atoms with E-state index in [4.69, 9.17) is 4.74 Å². The van der Waals surface area contributed by atoms with Gasteiger partial charge in [-0.2, -0.15) is 13.2 Å². The molecule has 0 aliphatic carbocycles. The van der Waals surface area contributed by atoms with Crippen molar-refractivity contribution in [3.63, 3.8) is 0 Å². The third-order valence-electron chi connectivity index (χ3n) is 1.85. The van der Waals surface area contributed by atoms with Crippen molar-refractivity contribution >= 4 is 11.8 Å². The SMILES string of the molecule is CCOc1cc(SC)c(F)c(C(F)(F)F)c1. The first-order valence-electron chi connectivity index (χ1n) is 4.47. The topological polar surface area (TPSA) is 9.23 Å². The Kier molecular flexibility index (Phi) is 4.07. The highest BCUT2D eigenvalue weighted by atomic mass is 32.2. The molecule has 0 heterocycles. The molecular weight excluding hydrogens is 244 g/mol. The molecule has 16 heavy (non-hydrogen) atoms. The van der Waals surface area contributed by atoms with E-state index in [1.165, 1.54) is 12.3 Å². The Bertz CT molecular complexity index is 376. The Morgan fingerprint density at radius 1 is 1.31 bits per heavy atom. The molecular formula is C10H10F4OS. The predicted octanol–water partition coefficient (Wildman–Crippen LogP) is 3.97. The molecule has 1 nitrogen and oxygen atoms in total. The van der Waals surface area contributed by atoms with Gasteiger partial charge in [0.25, 0.3) is 0 Å². The molecule has 0 saturated carbocycles. The van der Waals surface area contributed by atoms with E-state index in [-0.39, 0.29) is 17.3 Å². The summed E-state index contributed by atoms with van der Waals surface area (Å²) in [5.74, 6) is -1.22. The molecule has 0 fully saturated rings. The Balaban J connectivity index is 3.30. The highest BCUT2D eigenvalue weighted by Gasteiger charge is 2.35. The fourth-order valence-corrected chi connectivity index (χ4v) is 1.70. The van der Waals surface area contributed by atoms with Crippen LogP contribution >= 0.6 is 11.8 Å². The van der Waals surface area contributed by atoms with Gasteiger partial charge in [-0.25, -0.2) is 4.39 Å². The monoisotopic (exact) mass is 254 g/mol. The van der Waals surface area contributed by atoms with E-state index in [9.17, 15) is 17.6 Å².